The van der Waals surface area contributed by atoms with Gasteiger partial charge in [-0.15, -0.1) is 0 Å². The number of allylic oxidation sites excluding steroid dienone is 1. The molecule has 0 aliphatic carbocycles. The lowest BCUT2D eigenvalue weighted by Crippen LogP contribution is -1.85. The molecule has 9 heavy (non-hydrogen) atoms. The molecule has 0 spiro atoms. The van der Waals surface area contributed by atoms with E-state index in [1.54, 1.807) is 0 Å². The maximum absolute atomic E-state index is 12.3. The molecule has 0 N–H and O–H groups in total. The zero-order chi connectivity index (χ0) is 6.69. The minimum atomic E-state index is -0.363. The highest BCUT2D eigenvalue weighted by molar-refractivity contribution is 6.66. The quantitative estimate of drug-likeness (QED) is 0.499. The van der Waals surface area contributed by atoms with Crippen molar-refractivity contribution in [2.75, 3.05) is 0 Å². The average molecular weight is 147 g/mol. The van der Waals surface area contributed by atoms with Crippen LogP contribution in [-0.2, 0) is 0 Å². The molecule has 0 aromatic carbocycles. The summed E-state index contributed by atoms with van der Waals surface area (Å²) >= 11 is 5.39. The van der Waals surface area contributed by atoms with Gasteiger partial charge in [0, 0.05) is 0 Å². The SMILES string of the molecule is FC1=CN=CN=C(Cl)C1. The van der Waals surface area contributed by atoms with Crippen molar-refractivity contribution in [2.24, 2.45) is 9.98 Å². The Morgan fingerprint density at radius 3 is 3.22 bits per heavy atom. The summed E-state index contributed by atoms with van der Waals surface area (Å²) in [6.07, 6.45) is 2.37. The van der Waals surface area contributed by atoms with E-state index >= 15 is 0 Å². The second-order valence-electron chi connectivity index (χ2n) is 1.52. The number of aliphatic imine (C=N–C) groups is 2. The van der Waals surface area contributed by atoms with Gasteiger partial charge in [0.15, 0.2) is 0 Å². The van der Waals surface area contributed by atoms with Crippen LogP contribution in [0.5, 0.6) is 0 Å². The number of rotatable bonds is 0. The first-order valence-electron chi connectivity index (χ1n) is 2.37. The molecule has 0 radical (unpaired) electrons. The molecule has 0 atom stereocenters. The van der Waals surface area contributed by atoms with Crippen molar-refractivity contribution in [1.29, 1.82) is 0 Å². The van der Waals surface area contributed by atoms with Gasteiger partial charge in [0.2, 0.25) is 0 Å². The van der Waals surface area contributed by atoms with Gasteiger partial charge < -0.3 is 0 Å². The molecular weight excluding hydrogens is 143 g/mol. The Morgan fingerprint density at radius 2 is 2.44 bits per heavy atom. The fraction of sp³-hybridized carbons (Fsp3) is 0.200. The van der Waals surface area contributed by atoms with E-state index in [9.17, 15) is 4.39 Å². The van der Waals surface area contributed by atoms with Gasteiger partial charge in [0.05, 0.1) is 12.6 Å². The van der Waals surface area contributed by atoms with Crippen LogP contribution in [0.3, 0.4) is 0 Å². The average Bonchev–Trinajstić information content (AvgIpc) is 1.93. The van der Waals surface area contributed by atoms with E-state index < -0.39 is 0 Å². The molecule has 0 aromatic heterocycles. The van der Waals surface area contributed by atoms with Crippen molar-refractivity contribution in [3.05, 3.63) is 12.0 Å². The van der Waals surface area contributed by atoms with Crippen LogP contribution in [0.4, 0.5) is 4.39 Å². The highest BCUT2D eigenvalue weighted by Gasteiger charge is 2.00. The predicted molar refractivity (Wildman–Crippen MR) is 35.6 cm³/mol. The normalized spacial score (nSPS) is 18.4. The lowest BCUT2D eigenvalue weighted by molar-refractivity contribution is 0.623. The third-order valence-corrected chi connectivity index (χ3v) is 1.03. The molecule has 0 saturated heterocycles. The molecule has 1 aliphatic heterocycles. The largest absolute Gasteiger partial charge is 0.242 e. The molecule has 0 aromatic rings. The summed E-state index contributed by atoms with van der Waals surface area (Å²) in [4.78, 5) is 7.04. The van der Waals surface area contributed by atoms with Crippen molar-refractivity contribution in [2.45, 2.75) is 6.42 Å². The Bertz CT molecular complexity index is 175. The number of hydrogen-bond acceptors (Lipinski definition) is 2. The molecular formula is C5H4ClFN2. The van der Waals surface area contributed by atoms with Crippen LogP contribution in [-0.4, -0.2) is 11.5 Å². The van der Waals surface area contributed by atoms with Crippen LogP contribution in [0.1, 0.15) is 6.42 Å². The van der Waals surface area contributed by atoms with Gasteiger partial charge in [-0.3, -0.25) is 0 Å². The van der Waals surface area contributed by atoms with Crippen molar-refractivity contribution in [3.8, 4) is 0 Å². The summed E-state index contributed by atoms with van der Waals surface area (Å²) in [7, 11) is 0. The molecule has 0 unspecified atom stereocenters. The first-order chi connectivity index (χ1) is 4.29. The van der Waals surface area contributed by atoms with Crippen LogP contribution in [0.2, 0.25) is 0 Å². The number of hydrogen-bond donors (Lipinski definition) is 0. The molecule has 0 fully saturated rings. The van der Waals surface area contributed by atoms with Crippen LogP contribution >= 0.6 is 11.6 Å². The highest BCUT2D eigenvalue weighted by Crippen LogP contribution is 2.08. The summed E-state index contributed by atoms with van der Waals surface area (Å²) in [6, 6.07) is 0. The molecule has 48 valence electrons. The predicted octanol–water partition coefficient (Wildman–Crippen LogP) is 1.87. The molecule has 0 saturated carbocycles. The molecule has 2 nitrogen and oxygen atoms in total. The Kier molecular flexibility index (Phi) is 1.95. The molecule has 0 amide bonds. The summed E-state index contributed by atoms with van der Waals surface area (Å²) in [6.45, 7) is 0. The molecule has 1 rings (SSSR count). The lowest BCUT2D eigenvalue weighted by atomic mass is 10.4. The molecule has 0 bridgehead atoms. The van der Waals surface area contributed by atoms with E-state index in [1.807, 2.05) is 0 Å². The fourth-order valence-electron chi connectivity index (χ4n) is 0.441. The monoisotopic (exact) mass is 146 g/mol. The lowest BCUT2D eigenvalue weighted by Gasteiger charge is -1.86. The Balaban J connectivity index is 2.77. The maximum Gasteiger partial charge on any atom is 0.125 e. The van der Waals surface area contributed by atoms with Gasteiger partial charge in [0.1, 0.15) is 17.3 Å². The Labute approximate surface area is 56.8 Å². The van der Waals surface area contributed by atoms with Crippen molar-refractivity contribution >= 4 is 23.1 Å². The standard InChI is InChI=1S/C5H4ClFN2/c6-5-1-4(7)2-8-3-9-5/h2-3H,1H2. The first-order valence-corrected chi connectivity index (χ1v) is 2.75. The summed E-state index contributed by atoms with van der Waals surface area (Å²) < 4.78 is 12.3. The highest BCUT2D eigenvalue weighted by atomic mass is 35.5. The number of nitrogens with zero attached hydrogens (tertiary/aromatic N) is 2. The molecule has 1 aliphatic rings. The Morgan fingerprint density at radius 1 is 1.67 bits per heavy atom. The van der Waals surface area contributed by atoms with E-state index in [2.05, 4.69) is 9.98 Å². The van der Waals surface area contributed by atoms with Crippen LogP contribution in [0.15, 0.2) is 22.0 Å². The fourth-order valence-corrected chi connectivity index (χ4v) is 0.612. The van der Waals surface area contributed by atoms with Gasteiger partial charge in [-0.1, -0.05) is 11.6 Å². The van der Waals surface area contributed by atoms with E-state index in [0.717, 1.165) is 6.20 Å². The van der Waals surface area contributed by atoms with E-state index in [-0.39, 0.29) is 17.4 Å². The Hall–Kier alpha value is -0.700. The zero-order valence-corrected chi connectivity index (χ0v) is 5.27. The van der Waals surface area contributed by atoms with Gasteiger partial charge in [0.25, 0.3) is 0 Å². The summed E-state index contributed by atoms with van der Waals surface area (Å²) in [5.74, 6) is -0.363. The third-order valence-electron chi connectivity index (χ3n) is 0.794. The van der Waals surface area contributed by atoms with E-state index in [1.165, 1.54) is 6.34 Å². The second-order valence-corrected chi connectivity index (χ2v) is 1.96. The minimum absolute atomic E-state index is 0.0571. The zero-order valence-electron chi connectivity index (χ0n) is 4.51. The van der Waals surface area contributed by atoms with Crippen LogP contribution in [0, 0.1) is 0 Å². The van der Waals surface area contributed by atoms with Crippen LogP contribution < -0.4 is 0 Å². The second kappa shape index (κ2) is 2.73. The van der Waals surface area contributed by atoms with Crippen molar-refractivity contribution in [1.82, 2.24) is 0 Å². The van der Waals surface area contributed by atoms with Gasteiger partial charge >= 0.3 is 0 Å². The van der Waals surface area contributed by atoms with Crippen molar-refractivity contribution in [3.63, 3.8) is 0 Å². The number of halogens is 2. The first kappa shape index (κ1) is 6.42. The molecule has 4 heteroatoms. The summed E-state index contributed by atoms with van der Waals surface area (Å²) in [5.41, 5.74) is 0. The minimum Gasteiger partial charge on any atom is -0.242 e. The van der Waals surface area contributed by atoms with Gasteiger partial charge in [-0.25, -0.2) is 14.4 Å². The van der Waals surface area contributed by atoms with Gasteiger partial charge in [-0.2, -0.15) is 0 Å². The summed E-state index contributed by atoms with van der Waals surface area (Å²) in [5, 5.41) is 0.227. The molecule has 1 heterocycles. The smallest absolute Gasteiger partial charge is 0.125 e. The van der Waals surface area contributed by atoms with Gasteiger partial charge in [-0.05, 0) is 0 Å². The maximum atomic E-state index is 12.3. The van der Waals surface area contributed by atoms with Crippen LogP contribution in [0.25, 0.3) is 0 Å². The van der Waals surface area contributed by atoms with E-state index in [4.69, 9.17) is 11.6 Å². The van der Waals surface area contributed by atoms with E-state index in [0.29, 0.717) is 0 Å². The topological polar surface area (TPSA) is 24.7 Å². The third kappa shape index (κ3) is 1.93. The van der Waals surface area contributed by atoms with Crippen molar-refractivity contribution < 1.29 is 4.39 Å².